The highest BCUT2D eigenvalue weighted by atomic mass is 16.5. The summed E-state index contributed by atoms with van der Waals surface area (Å²) < 4.78 is 7.39. The maximum atomic E-state index is 5.64. The molecule has 0 radical (unpaired) electrons. The molecule has 0 N–H and O–H groups in total. The van der Waals surface area contributed by atoms with E-state index in [0.29, 0.717) is 6.61 Å². The highest BCUT2D eigenvalue weighted by Crippen LogP contribution is 2.13. The molecule has 0 aliphatic rings. The van der Waals surface area contributed by atoms with Crippen molar-refractivity contribution in [2.24, 2.45) is 7.05 Å². The maximum absolute atomic E-state index is 5.64. The second kappa shape index (κ2) is 4.17. The fourth-order valence-electron chi connectivity index (χ4n) is 1.45. The van der Waals surface area contributed by atoms with E-state index in [1.807, 2.05) is 50.4 Å². The van der Waals surface area contributed by atoms with E-state index in [1.165, 1.54) is 0 Å². The minimum atomic E-state index is 0.583. The Balaban J connectivity index is 2.02. The van der Waals surface area contributed by atoms with E-state index >= 15 is 0 Å². The van der Waals surface area contributed by atoms with Crippen LogP contribution in [0.5, 0.6) is 5.88 Å². The zero-order valence-corrected chi connectivity index (χ0v) is 8.97. The molecule has 0 saturated carbocycles. The molecular formula is C12H14N2O. The summed E-state index contributed by atoms with van der Waals surface area (Å²) in [5, 5.41) is 4.22. The molecular weight excluding hydrogens is 188 g/mol. The van der Waals surface area contributed by atoms with Gasteiger partial charge in [0.05, 0.1) is 5.69 Å². The summed E-state index contributed by atoms with van der Waals surface area (Å²) in [5.41, 5.74) is 2.14. The van der Waals surface area contributed by atoms with Crippen LogP contribution in [-0.4, -0.2) is 9.78 Å². The monoisotopic (exact) mass is 202 g/mol. The van der Waals surface area contributed by atoms with Gasteiger partial charge in [-0.3, -0.25) is 0 Å². The van der Waals surface area contributed by atoms with E-state index < -0.39 is 0 Å². The fourth-order valence-corrected chi connectivity index (χ4v) is 1.45. The summed E-state index contributed by atoms with van der Waals surface area (Å²) in [7, 11) is 1.88. The highest BCUT2D eigenvalue weighted by molar-refractivity contribution is 5.17. The van der Waals surface area contributed by atoms with Crippen LogP contribution in [0.15, 0.2) is 36.4 Å². The molecule has 2 aromatic rings. The Hall–Kier alpha value is -1.77. The first kappa shape index (κ1) is 9.77. The number of ether oxygens (including phenoxy) is 1. The van der Waals surface area contributed by atoms with Gasteiger partial charge in [-0.15, -0.1) is 0 Å². The molecule has 0 spiro atoms. The number of nitrogens with zero attached hydrogens (tertiary/aromatic N) is 2. The Labute approximate surface area is 89.3 Å². The largest absolute Gasteiger partial charge is 0.473 e. The van der Waals surface area contributed by atoms with E-state index in [4.69, 9.17) is 4.74 Å². The van der Waals surface area contributed by atoms with E-state index in [2.05, 4.69) is 5.10 Å². The van der Waals surface area contributed by atoms with Crippen LogP contribution in [0.1, 0.15) is 11.3 Å². The van der Waals surface area contributed by atoms with Gasteiger partial charge in [-0.2, -0.15) is 5.10 Å². The van der Waals surface area contributed by atoms with Gasteiger partial charge in [-0.25, -0.2) is 4.68 Å². The molecule has 0 bridgehead atoms. The predicted molar refractivity (Wildman–Crippen MR) is 58.7 cm³/mol. The SMILES string of the molecule is Cc1cc(OCc2ccccc2)n(C)n1. The van der Waals surface area contributed by atoms with Crippen LogP contribution in [0.2, 0.25) is 0 Å². The van der Waals surface area contributed by atoms with Gasteiger partial charge in [-0.1, -0.05) is 30.3 Å². The molecule has 1 aromatic carbocycles. The standard InChI is InChI=1S/C12H14N2O/c1-10-8-12(14(2)13-10)15-9-11-6-4-3-5-7-11/h3-8H,9H2,1-2H3. The quantitative estimate of drug-likeness (QED) is 0.763. The zero-order valence-electron chi connectivity index (χ0n) is 8.97. The Kier molecular flexibility index (Phi) is 2.72. The van der Waals surface area contributed by atoms with Gasteiger partial charge in [0.15, 0.2) is 0 Å². The Morgan fingerprint density at radius 1 is 1.27 bits per heavy atom. The van der Waals surface area contributed by atoms with Crippen LogP contribution >= 0.6 is 0 Å². The second-order valence-corrected chi connectivity index (χ2v) is 3.52. The van der Waals surface area contributed by atoms with Gasteiger partial charge in [0.2, 0.25) is 5.88 Å². The van der Waals surface area contributed by atoms with Crippen molar-refractivity contribution in [1.82, 2.24) is 9.78 Å². The molecule has 0 aliphatic heterocycles. The van der Waals surface area contributed by atoms with Crippen molar-refractivity contribution in [3.8, 4) is 5.88 Å². The summed E-state index contributed by atoms with van der Waals surface area (Å²) in [6.07, 6.45) is 0. The molecule has 1 aromatic heterocycles. The summed E-state index contributed by atoms with van der Waals surface area (Å²) in [6, 6.07) is 12.0. The molecule has 0 amide bonds. The van der Waals surface area contributed by atoms with Crippen LogP contribution in [0.25, 0.3) is 0 Å². The van der Waals surface area contributed by atoms with Crippen LogP contribution in [0.4, 0.5) is 0 Å². The van der Waals surface area contributed by atoms with Crippen LogP contribution < -0.4 is 4.74 Å². The minimum Gasteiger partial charge on any atom is -0.473 e. The number of benzene rings is 1. The highest BCUT2D eigenvalue weighted by Gasteiger charge is 2.02. The zero-order chi connectivity index (χ0) is 10.7. The van der Waals surface area contributed by atoms with E-state index in [1.54, 1.807) is 4.68 Å². The lowest BCUT2D eigenvalue weighted by Gasteiger charge is -2.05. The molecule has 0 fully saturated rings. The first-order valence-electron chi connectivity index (χ1n) is 4.93. The van der Waals surface area contributed by atoms with Gasteiger partial charge in [0.1, 0.15) is 6.61 Å². The molecule has 3 nitrogen and oxygen atoms in total. The molecule has 3 heteroatoms. The van der Waals surface area contributed by atoms with Crippen LogP contribution in [0, 0.1) is 6.92 Å². The van der Waals surface area contributed by atoms with Crippen molar-refractivity contribution < 1.29 is 4.74 Å². The Bertz CT molecular complexity index is 434. The first-order chi connectivity index (χ1) is 7.25. The molecule has 0 unspecified atom stereocenters. The first-order valence-corrected chi connectivity index (χ1v) is 4.93. The Morgan fingerprint density at radius 2 is 2.00 bits per heavy atom. The average Bonchev–Trinajstić information content (AvgIpc) is 2.56. The molecule has 0 saturated heterocycles. The summed E-state index contributed by atoms with van der Waals surface area (Å²) in [5.74, 6) is 0.802. The van der Waals surface area contributed by atoms with Crippen LogP contribution in [0.3, 0.4) is 0 Å². The number of aryl methyl sites for hydroxylation is 2. The number of aromatic nitrogens is 2. The third-order valence-electron chi connectivity index (χ3n) is 2.19. The number of hydrogen-bond acceptors (Lipinski definition) is 2. The minimum absolute atomic E-state index is 0.583. The van der Waals surface area contributed by atoms with E-state index in [9.17, 15) is 0 Å². The lowest BCUT2D eigenvalue weighted by molar-refractivity contribution is 0.279. The fraction of sp³-hybridized carbons (Fsp3) is 0.250. The van der Waals surface area contributed by atoms with E-state index in [0.717, 1.165) is 17.1 Å². The third-order valence-corrected chi connectivity index (χ3v) is 2.19. The van der Waals surface area contributed by atoms with Crippen molar-refractivity contribution in [2.45, 2.75) is 13.5 Å². The van der Waals surface area contributed by atoms with Gasteiger partial charge in [-0.05, 0) is 12.5 Å². The van der Waals surface area contributed by atoms with Crippen molar-refractivity contribution in [3.05, 3.63) is 47.7 Å². The molecule has 1 heterocycles. The average molecular weight is 202 g/mol. The molecule has 78 valence electrons. The Morgan fingerprint density at radius 3 is 2.60 bits per heavy atom. The number of rotatable bonds is 3. The summed E-state index contributed by atoms with van der Waals surface area (Å²) in [6.45, 7) is 2.54. The maximum Gasteiger partial charge on any atom is 0.212 e. The van der Waals surface area contributed by atoms with Gasteiger partial charge in [0.25, 0.3) is 0 Å². The third kappa shape index (κ3) is 2.37. The molecule has 0 aliphatic carbocycles. The summed E-state index contributed by atoms with van der Waals surface area (Å²) in [4.78, 5) is 0. The van der Waals surface area contributed by atoms with Crippen molar-refractivity contribution in [1.29, 1.82) is 0 Å². The second-order valence-electron chi connectivity index (χ2n) is 3.52. The topological polar surface area (TPSA) is 27.1 Å². The van der Waals surface area contributed by atoms with Gasteiger partial charge >= 0.3 is 0 Å². The number of hydrogen-bond donors (Lipinski definition) is 0. The molecule has 15 heavy (non-hydrogen) atoms. The van der Waals surface area contributed by atoms with Crippen LogP contribution in [-0.2, 0) is 13.7 Å². The predicted octanol–water partition coefficient (Wildman–Crippen LogP) is 2.31. The van der Waals surface area contributed by atoms with Crippen molar-refractivity contribution >= 4 is 0 Å². The van der Waals surface area contributed by atoms with Gasteiger partial charge in [0, 0.05) is 13.1 Å². The lowest BCUT2D eigenvalue weighted by atomic mass is 10.2. The molecule has 2 rings (SSSR count). The normalized spacial score (nSPS) is 10.3. The smallest absolute Gasteiger partial charge is 0.212 e. The lowest BCUT2D eigenvalue weighted by Crippen LogP contribution is -2.00. The molecule has 0 atom stereocenters. The van der Waals surface area contributed by atoms with Crippen molar-refractivity contribution in [3.63, 3.8) is 0 Å². The van der Waals surface area contributed by atoms with Crippen molar-refractivity contribution in [2.75, 3.05) is 0 Å². The summed E-state index contributed by atoms with van der Waals surface area (Å²) >= 11 is 0. The van der Waals surface area contributed by atoms with Gasteiger partial charge < -0.3 is 4.74 Å². The van der Waals surface area contributed by atoms with E-state index in [-0.39, 0.29) is 0 Å².